The molecule has 1 aliphatic rings. The second kappa shape index (κ2) is 5.23. The molecule has 0 saturated carbocycles. The maximum absolute atomic E-state index is 12.0. The number of carbonyl (C=O) groups is 1. The van der Waals surface area contributed by atoms with Crippen molar-refractivity contribution in [2.45, 2.75) is 18.8 Å². The molecule has 3 rings (SSSR count). The van der Waals surface area contributed by atoms with E-state index in [-0.39, 0.29) is 5.78 Å². The highest BCUT2D eigenvalue weighted by atomic mass is 16.1. The van der Waals surface area contributed by atoms with E-state index in [4.69, 9.17) is 0 Å². The van der Waals surface area contributed by atoms with Gasteiger partial charge < -0.3 is 0 Å². The van der Waals surface area contributed by atoms with Crippen molar-refractivity contribution in [1.82, 2.24) is 0 Å². The molecule has 2 aromatic carbocycles. The van der Waals surface area contributed by atoms with Gasteiger partial charge in [0.15, 0.2) is 5.78 Å². The summed E-state index contributed by atoms with van der Waals surface area (Å²) in [7, 11) is 0. The van der Waals surface area contributed by atoms with Crippen molar-refractivity contribution in [3.05, 3.63) is 77.9 Å². The van der Waals surface area contributed by atoms with E-state index in [0.29, 0.717) is 12.3 Å². The van der Waals surface area contributed by atoms with Crippen LogP contribution in [-0.2, 0) is 4.79 Å². The average Bonchev–Trinajstić information content (AvgIpc) is 2.48. The highest BCUT2D eigenvalue weighted by molar-refractivity contribution is 5.99. The van der Waals surface area contributed by atoms with Crippen LogP contribution in [0.5, 0.6) is 0 Å². The molecular formula is C18H16O. The predicted octanol–water partition coefficient (Wildman–Crippen LogP) is 4.22. The summed E-state index contributed by atoms with van der Waals surface area (Å²) < 4.78 is 0. The van der Waals surface area contributed by atoms with E-state index >= 15 is 0 Å². The Balaban J connectivity index is 1.90. The molecule has 0 N–H and O–H groups in total. The zero-order valence-corrected chi connectivity index (χ0v) is 10.8. The summed E-state index contributed by atoms with van der Waals surface area (Å²) in [4.78, 5) is 12.0. The van der Waals surface area contributed by atoms with Crippen LogP contribution in [0.25, 0.3) is 5.57 Å². The maximum atomic E-state index is 12.0. The molecule has 0 bridgehead atoms. The van der Waals surface area contributed by atoms with E-state index < -0.39 is 0 Å². The standard InChI is InChI=1S/C18H16O/c19-18-12-16(14-7-3-1-4-8-14)11-17(13-18)15-9-5-2-6-10-15/h1-10,12,17H,11,13H2. The Morgan fingerprint density at radius 2 is 1.42 bits per heavy atom. The van der Waals surface area contributed by atoms with Gasteiger partial charge in [-0.15, -0.1) is 0 Å². The lowest BCUT2D eigenvalue weighted by Crippen LogP contribution is -2.12. The fraction of sp³-hybridized carbons (Fsp3) is 0.167. The normalized spacial score (nSPS) is 19.1. The van der Waals surface area contributed by atoms with Gasteiger partial charge in [-0.05, 0) is 35.1 Å². The number of hydrogen-bond acceptors (Lipinski definition) is 1. The van der Waals surface area contributed by atoms with Gasteiger partial charge >= 0.3 is 0 Å². The molecule has 1 unspecified atom stereocenters. The van der Waals surface area contributed by atoms with E-state index in [2.05, 4.69) is 24.3 Å². The lowest BCUT2D eigenvalue weighted by Gasteiger charge is -2.22. The van der Waals surface area contributed by atoms with Crippen molar-refractivity contribution in [3.63, 3.8) is 0 Å². The molecule has 0 aliphatic heterocycles. The van der Waals surface area contributed by atoms with E-state index in [9.17, 15) is 4.79 Å². The van der Waals surface area contributed by atoms with Crippen molar-refractivity contribution in [2.75, 3.05) is 0 Å². The Labute approximate surface area is 113 Å². The van der Waals surface area contributed by atoms with Crippen molar-refractivity contribution in [2.24, 2.45) is 0 Å². The first-order chi connectivity index (χ1) is 9.33. The Morgan fingerprint density at radius 3 is 2.11 bits per heavy atom. The van der Waals surface area contributed by atoms with Gasteiger partial charge in [-0.1, -0.05) is 60.7 Å². The van der Waals surface area contributed by atoms with Gasteiger partial charge in [0, 0.05) is 6.42 Å². The molecule has 1 heteroatoms. The fourth-order valence-corrected chi connectivity index (χ4v) is 2.71. The van der Waals surface area contributed by atoms with Crippen LogP contribution in [0.4, 0.5) is 0 Å². The minimum Gasteiger partial charge on any atom is -0.295 e. The number of rotatable bonds is 2. The minimum absolute atomic E-state index is 0.235. The number of hydrogen-bond donors (Lipinski definition) is 0. The third kappa shape index (κ3) is 2.65. The van der Waals surface area contributed by atoms with Crippen LogP contribution in [0.2, 0.25) is 0 Å². The highest BCUT2D eigenvalue weighted by Gasteiger charge is 2.22. The van der Waals surface area contributed by atoms with Gasteiger partial charge in [0.2, 0.25) is 0 Å². The summed E-state index contributed by atoms with van der Waals surface area (Å²) in [5.41, 5.74) is 3.58. The van der Waals surface area contributed by atoms with E-state index in [1.165, 1.54) is 5.56 Å². The van der Waals surface area contributed by atoms with Crippen LogP contribution in [0, 0.1) is 0 Å². The quantitative estimate of drug-likeness (QED) is 0.777. The first kappa shape index (κ1) is 11.9. The Morgan fingerprint density at radius 1 is 0.789 bits per heavy atom. The monoisotopic (exact) mass is 248 g/mol. The van der Waals surface area contributed by atoms with Crippen LogP contribution in [0.15, 0.2) is 66.7 Å². The first-order valence-electron chi connectivity index (χ1n) is 6.67. The summed E-state index contributed by atoms with van der Waals surface area (Å²) in [5.74, 6) is 0.549. The Hall–Kier alpha value is -2.15. The minimum atomic E-state index is 0.235. The Bertz CT molecular complexity index is 596. The number of ketones is 1. The van der Waals surface area contributed by atoms with Crippen LogP contribution >= 0.6 is 0 Å². The molecule has 0 heterocycles. The van der Waals surface area contributed by atoms with Crippen LogP contribution in [0.1, 0.15) is 29.9 Å². The zero-order valence-electron chi connectivity index (χ0n) is 10.8. The molecule has 0 fully saturated rings. The van der Waals surface area contributed by atoms with Crippen molar-refractivity contribution in [3.8, 4) is 0 Å². The molecular weight excluding hydrogens is 232 g/mol. The van der Waals surface area contributed by atoms with Crippen molar-refractivity contribution in [1.29, 1.82) is 0 Å². The maximum Gasteiger partial charge on any atom is 0.156 e. The second-order valence-electron chi connectivity index (χ2n) is 5.02. The van der Waals surface area contributed by atoms with Gasteiger partial charge in [-0.3, -0.25) is 4.79 Å². The Kier molecular flexibility index (Phi) is 3.28. The fourth-order valence-electron chi connectivity index (χ4n) is 2.71. The number of allylic oxidation sites excluding steroid dienone is 2. The van der Waals surface area contributed by atoms with E-state index in [1.54, 1.807) is 0 Å². The topological polar surface area (TPSA) is 17.1 Å². The molecule has 0 aromatic heterocycles. The molecule has 1 atom stereocenters. The zero-order chi connectivity index (χ0) is 13.1. The molecule has 0 radical (unpaired) electrons. The van der Waals surface area contributed by atoms with E-state index in [1.807, 2.05) is 42.5 Å². The highest BCUT2D eigenvalue weighted by Crippen LogP contribution is 2.35. The van der Waals surface area contributed by atoms with Gasteiger partial charge in [0.05, 0.1) is 0 Å². The second-order valence-corrected chi connectivity index (χ2v) is 5.02. The summed E-state index contributed by atoms with van der Waals surface area (Å²) in [6.45, 7) is 0. The smallest absolute Gasteiger partial charge is 0.156 e. The summed E-state index contributed by atoms with van der Waals surface area (Å²) in [5, 5.41) is 0. The molecule has 2 aromatic rings. The molecule has 1 nitrogen and oxygen atoms in total. The predicted molar refractivity (Wildman–Crippen MR) is 77.8 cm³/mol. The van der Waals surface area contributed by atoms with Crippen LogP contribution < -0.4 is 0 Å². The van der Waals surface area contributed by atoms with E-state index in [0.717, 1.165) is 17.6 Å². The molecule has 1 aliphatic carbocycles. The summed E-state index contributed by atoms with van der Waals surface area (Å²) in [6, 6.07) is 20.5. The largest absolute Gasteiger partial charge is 0.295 e. The first-order valence-corrected chi connectivity index (χ1v) is 6.67. The molecule has 0 spiro atoms. The third-order valence-electron chi connectivity index (χ3n) is 3.66. The molecule has 19 heavy (non-hydrogen) atoms. The number of benzene rings is 2. The third-order valence-corrected chi connectivity index (χ3v) is 3.66. The van der Waals surface area contributed by atoms with Gasteiger partial charge in [-0.25, -0.2) is 0 Å². The SMILES string of the molecule is O=C1C=C(c2ccccc2)CC(c2ccccc2)C1. The van der Waals surface area contributed by atoms with Crippen LogP contribution in [0.3, 0.4) is 0 Å². The van der Waals surface area contributed by atoms with Gasteiger partial charge in [-0.2, -0.15) is 0 Å². The summed E-state index contributed by atoms with van der Waals surface area (Å²) in [6.07, 6.45) is 3.38. The van der Waals surface area contributed by atoms with Crippen molar-refractivity contribution >= 4 is 11.4 Å². The number of carbonyl (C=O) groups excluding carboxylic acids is 1. The average molecular weight is 248 g/mol. The lowest BCUT2D eigenvalue weighted by atomic mass is 9.81. The lowest BCUT2D eigenvalue weighted by molar-refractivity contribution is -0.115. The van der Waals surface area contributed by atoms with Crippen LogP contribution in [-0.4, -0.2) is 5.78 Å². The van der Waals surface area contributed by atoms with Crippen molar-refractivity contribution < 1.29 is 4.79 Å². The summed E-state index contributed by atoms with van der Waals surface area (Å²) >= 11 is 0. The van der Waals surface area contributed by atoms with Gasteiger partial charge in [0.1, 0.15) is 0 Å². The molecule has 0 amide bonds. The molecule has 0 saturated heterocycles. The molecule has 94 valence electrons. The van der Waals surface area contributed by atoms with Gasteiger partial charge in [0.25, 0.3) is 0 Å².